The molecule has 0 spiro atoms. The van der Waals surface area contributed by atoms with Gasteiger partial charge in [0.2, 0.25) is 0 Å². The summed E-state index contributed by atoms with van der Waals surface area (Å²) in [7, 11) is -4.32. The minimum absolute atomic E-state index is 0.00755. The lowest BCUT2D eigenvalue weighted by Gasteiger charge is -2.39. The number of alkyl halides is 1. The van der Waals surface area contributed by atoms with Crippen LogP contribution in [0.15, 0.2) is 0 Å². The Hall–Kier alpha value is 0.644. The molecule has 122 valence electrons. The molecule has 0 aliphatic rings. The zero-order chi connectivity index (χ0) is 16.4. The van der Waals surface area contributed by atoms with Crippen molar-refractivity contribution < 1.29 is 9.59 Å². The standard InChI is InChI=1S/C15H35ClO2Si2/c1-14(2,19(5,6)17)10-9-13(12-16)11-15(3,4)20(7,8)18/h13,17-18H,9-12H2,1-8H3/t13-/m0/s1. The highest BCUT2D eigenvalue weighted by Gasteiger charge is 2.41. The minimum atomic E-state index is -2.17. The van der Waals surface area contributed by atoms with Gasteiger partial charge in [-0.2, -0.15) is 0 Å². The maximum absolute atomic E-state index is 10.4. The van der Waals surface area contributed by atoms with Crippen molar-refractivity contribution in [2.45, 2.75) is 83.2 Å². The van der Waals surface area contributed by atoms with E-state index in [1.54, 1.807) is 0 Å². The zero-order valence-corrected chi connectivity index (χ0v) is 17.4. The molecule has 20 heavy (non-hydrogen) atoms. The summed E-state index contributed by atoms with van der Waals surface area (Å²) in [6, 6.07) is 0. The highest BCUT2D eigenvalue weighted by Crippen LogP contribution is 2.45. The fraction of sp³-hybridized carbons (Fsp3) is 1.00. The second kappa shape index (κ2) is 6.82. The predicted molar refractivity (Wildman–Crippen MR) is 95.5 cm³/mol. The van der Waals surface area contributed by atoms with Gasteiger partial charge in [0.15, 0.2) is 16.6 Å². The lowest BCUT2D eigenvalue weighted by atomic mass is 9.91. The van der Waals surface area contributed by atoms with Gasteiger partial charge < -0.3 is 9.59 Å². The Morgan fingerprint density at radius 1 is 0.900 bits per heavy atom. The second-order valence-corrected chi connectivity index (χ2v) is 17.9. The van der Waals surface area contributed by atoms with Crippen LogP contribution in [-0.4, -0.2) is 32.1 Å². The first kappa shape index (κ1) is 20.6. The predicted octanol–water partition coefficient (Wildman–Crippen LogP) is 4.97. The molecule has 1 atom stereocenters. The van der Waals surface area contributed by atoms with Crippen LogP contribution in [0.2, 0.25) is 36.3 Å². The Balaban J connectivity index is 4.68. The van der Waals surface area contributed by atoms with Gasteiger partial charge in [0.05, 0.1) is 0 Å². The maximum Gasteiger partial charge on any atom is 0.188 e. The van der Waals surface area contributed by atoms with Crippen molar-refractivity contribution in [3.8, 4) is 0 Å². The third-order valence-corrected chi connectivity index (χ3v) is 13.0. The van der Waals surface area contributed by atoms with Crippen molar-refractivity contribution in [3.63, 3.8) is 0 Å². The molecule has 0 fully saturated rings. The van der Waals surface area contributed by atoms with Crippen LogP contribution in [0.25, 0.3) is 0 Å². The summed E-state index contributed by atoms with van der Waals surface area (Å²) in [4.78, 5) is 20.8. The van der Waals surface area contributed by atoms with Crippen LogP contribution in [0.4, 0.5) is 0 Å². The first-order valence-electron chi connectivity index (χ1n) is 7.65. The van der Waals surface area contributed by atoms with Crippen LogP contribution in [0.1, 0.15) is 47.0 Å². The fourth-order valence-electron chi connectivity index (χ4n) is 2.08. The summed E-state index contributed by atoms with van der Waals surface area (Å²) in [5.41, 5.74) is 0. The molecule has 0 bridgehead atoms. The van der Waals surface area contributed by atoms with Gasteiger partial charge in [0.25, 0.3) is 0 Å². The number of halogens is 1. The van der Waals surface area contributed by atoms with E-state index in [1.807, 2.05) is 26.2 Å². The molecule has 0 aromatic heterocycles. The normalized spacial score (nSPS) is 16.4. The number of hydrogen-bond acceptors (Lipinski definition) is 2. The van der Waals surface area contributed by atoms with Crippen molar-refractivity contribution in [1.82, 2.24) is 0 Å². The lowest BCUT2D eigenvalue weighted by molar-refractivity contribution is 0.350. The van der Waals surface area contributed by atoms with E-state index in [9.17, 15) is 9.59 Å². The van der Waals surface area contributed by atoms with E-state index in [-0.39, 0.29) is 10.1 Å². The van der Waals surface area contributed by atoms with Crippen LogP contribution in [0.5, 0.6) is 0 Å². The summed E-state index contributed by atoms with van der Waals surface area (Å²) in [6.07, 6.45) is 3.00. The van der Waals surface area contributed by atoms with E-state index in [2.05, 4.69) is 27.7 Å². The van der Waals surface area contributed by atoms with Gasteiger partial charge in [-0.1, -0.05) is 27.7 Å². The molecule has 0 aliphatic heterocycles. The van der Waals surface area contributed by atoms with E-state index in [4.69, 9.17) is 11.6 Å². The summed E-state index contributed by atoms with van der Waals surface area (Å²) < 4.78 is 0. The Morgan fingerprint density at radius 3 is 1.60 bits per heavy atom. The van der Waals surface area contributed by atoms with E-state index < -0.39 is 16.6 Å². The lowest BCUT2D eigenvalue weighted by Crippen LogP contribution is -2.41. The van der Waals surface area contributed by atoms with Crippen LogP contribution in [0, 0.1) is 5.92 Å². The van der Waals surface area contributed by atoms with Gasteiger partial charge in [-0.15, -0.1) is 11.6 Å². The Bertz CT molecular complexity index is 304. The first-order valence-corrected chi connectivity index (χ1v) is 14.1. The third-order valence-electron chi connectivity index (χ3n) is 5.51. The van der Waals surface area contributed by atoms with Crippen LogP contribution >= 0.6 is 11.6 Å². The van der Waals surface area contributed by atoms with Crippen molar-refractivity contribution in [3.05, 3.63) is 0 Å². The largest absolute Gasteiger partial charge is 0.432 e. The van der Waals surface area contributed by atoms with Crippen molar-refractivity contribution in [2.24, 2.45) is 5.92 Å². The van der Waals surface area contributed by atoms with Gasteiger partial charge >= 0.3 is 0 Å². The Kier molecular flexibility index (Phi) is 7.04. The van der Waals surface area contributed by atoms with E-state index in [0.29, 0.717) is 11.8 Å². The molecule has 0 aliphatic carbocycles. The van der Waals surface area contributed by atoms with Crippen LogP contribution < -0.4 is 0 Å². The van der Waals surface area contributed by atoms with Gasteiger partial charge in [0, 0.05) is 5.88 Å². The van der Waals surface area contributed by atoms with Gasteiger partial charge in [0.1, 0.15) is 0 Å². The monoisotopic (exact) mass is 338 g/mol. The SMILES string of the molecule is CC(C)(CC[C@H](CCl)CC(C)(C)[Si](C)(C)O)[Si](C)(C)O. The first-order chi connectivity index (χ1) is 8.64. The second-order valence-electron chi connectivity index (χ2n) is 8.65. The highest BCUT2D eigenvalue weighted by atomic mass is 35.5. The summed E-state index contributed by atoms with van der Waals surface area (Å²) in [5, 5.41) is -0.0174. The summed E-state index contributed by atoms with van der Waals surface area (Å²) in [6.45, 7) is 16.7. The molecule has 0 rings (SSSR count). The molecule has 0 amide bonds. The van der Waals surface area contributed by atoms with Crippen LogP contribution in [-0.2, 0) is 0 Å². The van der Waals surface area contributed by atoms with Crippen LogP contribution in [0.3, 0.4) is 0 Å². The molecular formula is C15H35ClO2Si2. The third kappa shape index (κ3) is 5.80. The van der Waals surface area contributed by atoms with Crippen molar-refractivity contribution in [2.75, 3.05) is 5.88 Å². The van der Waals surface area contributed by atoms with Gasteiger partial charge in [-0.3, -0.25) is 0 Å². The van der Waals surface area contributed by atoms with Gasteiger partial charge in [-0.05, 0) is 61.4 Å². The van der Waals surface area contributed by atoms with E-state index in [0.717, 1.165) is 19.3 Å². The Labute approximate surface area is 133 Å². The molecule has 5 heteroatoms. The van der Waals surface area contributed by atoms with E-state index >= 15 is 0 Å². The molecule has 0 heterocycles. The maximum atomic E-state index is 10.4. The topological polar surface area (TPSA) is 40.5 Å². The average Bonchev–Trinajstić information content (AvgIpc) is 2.20. The minimum Gasteiger partial charge on any atom is -0.432 e. The van der Waals surface area contributed by atoms with Crippen molar-refractivity contribution >= 4 is 28.2 Å². The molecule has 0 saturated heterocycles. The highest BCUT2D eigenvalue weighted by molar-refractivity contribution is 6.73. The smallest absolute Gasteiger partial charge is 0.188 e. The molecular weight excluding hydrogens is 304 g/mol. The molecule has 0 radical (unpaired) electrons. The molecule has 0 unspecified atom stereocenters. The average molecular weight is 339 g/mol. The quantitative estimate of drug-likeness (QED) is 0.484. The molecule has 0 saturated carbocycles. The zero-order valence-electron chi connectivity index (χ0n) is 14.7. The number of hydrogen-bond donors (Lipinski definition) is 2. The molecule has 2 nitrogen and oxygen atoms in total. The van der Waals surface area contributed by atoms with Gasteiger partial charge in [-0.25, -0.2) is 0 Å². The molecule has 2 N–H and O–H groups in total. The summed E-state index contributed by atoms with van der Waals surface area (Å²) in [5.74, 6) is 1.05. The summed E-state index contributed by atoms with van der Waals surface area (Å²) >= 11 is 6.15. The number of rotatable bonds is 8. The van der Waals surface area contributed by atoms with E-state index in [1.165, 1.54) is 0 Å². The molecule has 0 aromatic rings. The Morgan fingerprint density at radius 2 is 1.30 bits per heavy atom. The fourth-order valence-corrected chi connectivity index (χ4v) is 3.88. The molecule has 0 aromatic carbocycles. The van der Waals surface area contributed by atoms with Crippen molar-refractivity contribution in [1.29, 1.82) is 0 Å².